The molecule has 0 aliphatic carbocycles. The lowest BCUT2D eigenvalue weighted by Crippen LogP contribution is -2.51. The van der Waals surface area contributed by atoms with Crippen molar-refractivity contribution in [2.24, 2.45) is 5.73 Å². The molecule has 3 rings (SSSR count). The second kappa shape index (κ2) is 5.43. The van der Waals surface area contributed by atoms with Crippen molar-refractivity contribution in [3.05, 3.63) is 35.8 Å². The molecule has 3 nitrogen and oxygen atoms in total. The highest BCUT2D eigenvalue weighted by Gasteiger charge is 2.39. The van der Waals surface area contributed by atoms with Gasteiger partial charge in [0.05, 0.1) is 6.04 Å². The molecule has 2 N–H and O–H groups in total. The Morgan fingerprint density at radius 1 is 1.38 bits per heavy atom. The zero-order chi connectivity index (χ0) is 15.0. The van der Waals surface area contributed by atoms with Crippen LogP contribution in [0.3, 0.4) is 0 Å². The van der Waals surface area contributed by atoms with Crippen molar-refractivity contribution in [3.8, 4) is 0 Å². The lowest BCUT2D eigenvalue weighted by Gasteiger charge is -2.42. The van der Waals surface area contributed by atoms with Crippen LogP contribution in [-0.2, 0) is 0 Å². The molecule has 1 aliphatic heterocycles. The van der Waals surface area contributed by atoms with E-state index in [1.807, 2.05) is 12.1 Å². The molecule has 114 valence electrons. The number of benzene rings is 1. The Hall–Kier alpha value is -1.39. The van der Waals surface area contributed by atoms with E-state index in [4.69, 9.17) is 10.2 Å². The van der Waals surface area contributed by atoms with Gasteiger partial charge in [-0.05, 0) is 51.4 Å². The van der Waals surface area contributed by atoms with Gasteiger partial charge < -0.3 is 10.2 Å². The Morgan fingerprint density at radius 2 is 2.10 bits per heavy atom. The van der Waals surface area contributed by atoms with E-state index in [9.17, 15) is 4.39 Å². The predicted molar refractivity (Wildman–Crippen MR) is 82.6 cm³/mol. The van der Waals surface area contributed by atoms with Crippen LogP contribution in [0.4, 0.5) is 4.39 Å². The number of rotatable bonds is 4. The van der Waals surface area contributed by atoms with E-state index >= 15 is 0 Å². The lowest BCUT2D eigenvalue weighted by molar-refractivity contribution is 0.0920. The second-order valence-corrected chi connectivity index (χ2v) is 6.19. The van der Waals surface area contributed by atoms with E-state index in [0.717, 1.165) is 24.9 Å². The summed E-state index contributed by atoms with van der Waals surface area (Å²) in [7, 11) is 0. The fraction of sp³-hybridized carbons (Fsp3) is 0.529. The van der Waals surface area contributed by atoms with Gasteiger partial charge in [-0.25, -0.2) is 4.39 Å². The van der Waals surface area contributed by atoms with Gasteiger partial charge in [0.2, 0.25) is 0 Å². The first-order valence-electron chi connectivity index (χ1n) is 7.75. The van der Waals surface area contributed by atoms with E-state index < -0.39 is 0 Å². The molecule has 1 aromatic carbocycles. The summed E-state index contributed by atoms with van der Waals surface area (Å²) >= 11 is 0. The molecule has 2 unspecified atom stereocenters. The van der Waals surface area contributed by atoms with Gasteiger partial charge in [-0.2, -0.15) is 0 Å². The van der Waals surface area contributed by atoms with E-state index in [1.54, 1.807) is 6.07 Å². The zero-order valence-electron chi connectivity index (χ0n) is 12.7. The molecule has 2 aromatic rings. The normalized spacial score (nSPS) is 20.8. The molecular formula is C17H23FN2O. The maximum atomic E-state index is 13.8. The Bertz CT molecular complexity index is 633. The van der Waals surface area contributed by atoms with Gasteiger partial charge in [0, 0.05) is 10.9 Å². The third-order valence-corrected chi connectivity index (χ3v) is 5.04. The highest BCUT2D eigenvalue weighted by Crippen LogP contribution is 2.37. The zero-order valence-corrected chi connectivity index (χ0v) is 12.7. The standard InChI is InChI=1S/C17H23FN2O/c1-3-17(2,20-9-4-5-10-20)16(19)14-11-12-7-6-8-13(18)15(12)21-14/h6-8,11,16H,3-5,9-10,19H2,1-2H3. The smallest absolute Gasteiger partial charge is 0.169 e. The summed E-state index contributed by atoms with van der Waals surface area (Å²) in [5.41, 5.74) is 6.68. The molecule has 0 amide bonds. The molecule has 0 spiro atoms. The summed E-state index contributed by atoms with van der Waals surface area (Å²) in [6.45, 7) is 6.49. The van der Waals surface area contributed by atoms with Crippen molar-refractivity contribution in [2.45, 2.75) is 44.7 Å². The first-order valence-corrected chi connectivity index (χ1v) is 7.75. The Morgan fingerprint density at radius 3 is 2.71 bits per heavy atom. The summed E-state index contributed by atoms with van der Waals surface area (Å²) in [6, 6.07) is 6.60. The van der Waals surface area contributed by atoms with Crippen LogP contribution >= 0.6 is 0 Å². The van der Waals surface area contributed by atoms with Crippen LogP contribution in [0.1, 0.15) is 44.9 Å². The Balaban J connectivity index is 1.97. The number of hydrogen-bond donors (Lipinski definition) is 1. The molecular weight excluding hydrogens is 267 g/mol. The third-order valence-electron chi connectivity index (χ3n) is 5.04. The van der Waals surface area contributed by atoms with Crippen molar-refractivity contribution in [1.82, 2.24) is 4.90 Å². The van der Waals surface area contributed by atoms with Crippen molar-refractivity contribution >= 4 is 11.0 Å². The minimum Gasteiger partial charge on any atom is -0.456 e. The number of likely N-dealkylation sites (tertiary alicyclic amines) is 1. The van der Waals surface area contributed by atoms with Gasteiger partial charge in [-0.3, -0.25) is 4.90 Å². The first-order chi connectivity index (χ1) is 10.1. The van der Waals surface area contributed by atoms with Crippen molar-refractivity contribution in [1.29, 1.82) is 0 Å². The lowest BCUT2D eigenvalue weighted by atomic mass is 9.86. The summed E-state index contributed by atoms with van der Waals surface area (Å²) in [6.07, 6.45) is 3.38. The number of fused-ring (bicyclic) bond motifs is 1. The molecule has 21 heavy (non-hydrogen) atoms. The van der Waals surface area contributed by atoms with Gasteiger partial charge in [-0.1, -0.05) is 19.1 Å². The third kappa shape index (κ3) is 2.36. The van der Waals surface area contributed by atoms with E-state index in [1.165, 1.54) is 18.9 Å². The number of nitrogens with zero attached hydrogens (tertiary/aromatic N) is 1. The number of nitrogens with two attached hydrogens (primary N) is 1. The van der Waals surface area contributed by atoms with Crippen LogP contribution in [0.5, 0.6) is 0 Å². The van der Waals surface area contributed by atoms with E-state index in [2.05, 4.69) is 18.7 Å². The van der Waals surface area contributed by atoms with Crippen molar-refractivity contribution in [2.75, 3.05) is 13.1 Å². The highest BCUT2D eigenvalue weighted by atomic mass is 19.1. The second-order valence-electron chi connectivity index (χ2n) is 6.19. The number of halogens is 1. The summed E-state index contributed by atoms with van der Waals surface area (Å²) in [5.74, 6) is 0.344. The maximum Gasteiger partial charge on any atom is 0.169 e. The fourth-order valence-electron chi connectivity index (χ4n) is 3.38. The molecule has 2 atom stereocenters. The molecule has 2 heterocycles. The minimum atomic E-state index is -0.328. The average molecular weight is 290 g/mol. The largest absolute Gasteiger partial charge is 0.456 e. The molecule has 1 fully saturated rings. The first kappa shape index (κ1) is 14.5. The minimum absolute atomic E-state index is 0.152. The quantitative estimate of drug-likeness (QED) is 0.930. The maximum absolute atomic E-state index is 13.8. The van der Waals surface area contributed by atoms with Crippen LogP contribution in [0.2, 0.25) is 0 Å². The summed E-state index contributed by atoms with van der Waals surface area (Å²) in [5, 5.41) is 0.778. The summed E-state index contributed by atoms with van der Waals surface area (Å²) in [4.78, 5) is 2.45. The Kier molecular flexibility index (Phi) is 3.76. The predicted octanol–water partition coefficient (Wildman–Crippen LogP) is 3.84. The van der Waals surface area contributed by atoms with Crippen molar-refractivity contribution < 1.29 is 8.81 Å². The molecule has 0 saturated carbocycles. The van der Waals surface area contributed by atoms with Crippen molar-refractivity contribution in [3.63, 3.8) is 0 Å². The SMILES string of the molecule is CCC(C)(C(N)c1cc2cccc(F)c2o1)N1CCCC1. The topological polar surface area (TPSA) is 42.4 Å². The molecule has 0 radical (unpaired) electrons. The van der Waals surface area contributed by atoms with Gasteiger partial charge in [0.25, 0.3) is 0 Å². The van der Waals surface area contributed by atoms with Crippen LogP contribution in [-0.4, -0.2) is 23.5 Å². The molecule has 0 bridgehead atoms. The summed E-state index contributed by atoms with van der Waals surface area (Å²) < 4.78 is 19.5. The number of furan rings is 1. The fourth-order valence-corrected chi connectivity index (χ4v) is 3.38. The van der Waals surface area contributed by atoms with Crippen LogP contribution < -0.4 is 5.73 Å². The van der Waals surface area contributed by atoms with Gasteiger partial charge >= 0.3 is 0 Å². The van der Waals surface area contributed by atoms with Gasteiger partial charge in [0.15, 0.2) is 11.4 Å². The number of hydrogen-bond acceptors (Lipinski definition) is 3. The highest BCUT2D eigenvalue weighted by molar-refractivity contribution is 5.78. The molecule has 1 saturated heterocycles. The Labute approximate surface area is 124 Å². The van der Waals surface area contributed by atoms with Gasteiger partial charge in [0.1, 0.15) is 5.76 Å². The number of para-hydroxylation sites is 1. The molecule has 1 aliphatic rings. The van der Waals surface area contributed by atoms with Crippen LogP contribution in [0, 0.1) is 5.82 Å². The molecule has 1 aromatic heterocycles. The molecule has 4 heteroatoms. The van der Waals surface area contributed by atoms with Crippen LogP contribution in [0.25, 0.3) is 11.0 Å². The van der Waals surface area contributed by atoms with E-state index in [-0.39, 0.29) is 17.4 Å². The monoisotopic (exact) mass is 290 g/mol. The van der Waals surface area contributed by atoms with E-state index in [0.29, 0.717) is 11.3 Å². The van der Waals surface area contributed by atoms with Crippen LogP contribution in [0.15, 0.2) is 28.7 Å². The van der Waals surface area contributed by atoms with Gasteiger partial charge in [-0.15, -0.1) is 0 Å². The average Bonchev–Trinajstić information content (AvgIpc) is 3.15.